The number of rotatable bonds is 1. The first-order valence-corrected chi connectivity index (χ1v) is 42.4. The Morgan fingerprint density at radius 2 is 0.704 bits per heavy atom. The summed E-state index contributed by atoms with van der Waals surface area (Å²) in [6.07, 6.45) is 0. The van der Waals surface area contributed by atoms with E-state index in [2.05, 4.69) is 115 Å². The van der Waals surface area contributed by atoms with Crippen molar-refractivity contribution in [1.82, 2.24) is 0 Å². The van der Waals surface area contributed by atoms with Gasteiger partial charge in [-0.1, -0.05) is 121 Å². The Balaban J connectivity index is 2.66. The Bertz CT molecular complexity index is 704. The average molecular weight is 497 g/mol. The molecule has 1 aromatic rings. The lowest BCUT2D eigenvalue weighted by Gasteiger charge is -2.87. The first-order valence-electron chi connectivity index (χ1n) is 10.9. The van der Waals surface area contributed by atoms with Crippen LogP contribution in [0.3, 0.4) is 0 Å². The van der Waals surface area contributed by atoms with Gasteiger partial charge in [0.1, 0.15) is 0 Å². The van der Waals surface area contributed by atoms with Gasteiger partial charge in [0.2, 0.25) is 0 Å². The van der Waals surface area contributed by atoms with Crippen LogP contribution in [-0.4, -0.2) is 55.9 Å². The molecule has 2 bridgehead atoms. The monoisotopic (exact) mass is 496 g/mol. The van der Waals surface area contributed by atoms with Gasteiger partial charge >= 0.3 is 0 Å². The van der Waals surface area contributed by atoms with Crippen LogP contribution in [0.4, 0.5) is 0 Å². The molecule has 4 rings (SSSR count). The second kappa shape index (κ2) is 5.60. The Labute approximate surface area is 175 Å². The van der Waals surface area contributed by atoms with E-state index in [1.165, 1.54) is 0 Å². The first kappa shape index (κ1) is 22.6. The summed E-state index contributed by atoms with van der Waals surface area (Å²) in [5, 5.41) is 1.98. The van der Waals surface area contributed by atoms with Crippen LogP contribution in [0.15, 0.2) is 30.3 Å². The quantitative estimate of drug-likeness (QED) is 0.456. The fraction of sp³-hybridized carbons (Fsp3) is 0.684. The minimum Gasteiger partial charge on any atom is -0.0752 e. The van der Waals surface area contributed by atoms with E-state index in [-0.39, 0.29) is 0 Å². The van der Waals surface area contributed by atoms with Crippen molar-refractivity contribution in [2.45, 2.75) is 85.1 Å². The molecule has 3 aliphatic heterocycles. The molecule has 0 atom stereocenters. The summed E-state index contributed by atoms with van der Waals surface area (Å²) in [5.41, 5.74) is 0. The van der Waals surface area contributed by atoms with Crippen molar-refractivity contribution in [3.05, 3.63) is 30.3 Å². The molecule has 0 aromatic heterocycles. The highest BCUT2D eigenvalue weighted by molar-refractivity contribution is 8.37. The van der Waals surface area contributed by atoms with Gasteiger partial charge in [0.05, 0.1) is 6.63 Å². The van der Waals surface area contributed by atoms with E-state index in [1.807, 2.05) is 5.19 Å². The topological polar surface area (TPSA) is 0 Å². The molecule has 0 unspecified atom stereocenters. The lowest BCUT2D eigenvalue weighted by molar-refractivity contribution is 1.70. The number of hydrogen-bond acceptors (Lipinski definition) is 0. The second-order valence-corrected chi connectivity index (χ2v) is 116. The molecule has 152 valence electrons. The fourth-order valence-corrected chi connectivity index (χ4v) is 530. The average Bonchev–Trinajstić information content (AvgIpc) is 2.52. The highest BCUT2D eigenvalue weighted by Crippen LogP contribution is 2.63. The summed E-state index contributed by atoms with van der Waals surface area (Å²) in [6.45, 7) is 36.2. The van der Waals surface area contributed by atoms with E-state index in [0.717, 1.165) is 0 Å². The van der Waals surface area contributed by atoms with E-state index in [9.17, 15) is 0 Å². The molecule has 8 heteroatoms. The van der Waals surface area contributed by atoms with Crippen molar-refractivity contribution in [2.75, 3.05) is 0 Å². The summed E-state index contributed by atoms with van der Waals surface area (Å²) in [4.78, 5) is 0. The minimum absolute atomic E-state index is 1.18. The van der Waals surface area contributed by atoms with Crippen LogP contribution >= 0.6 is 0 Å². The third kappa shape index (κ3) is 1.82. The maximum absolute atomic E-state index is 3.07. The molecule has 3 fully saturated rings. The van der Waals surface area contributed by atoms with Crippen molar-refractivity contribution in [3.63, 3.8) is 0 Å². The van der Waals surface area contributed by atoms with Crippen LogP contribution in [0.2, 0.25) is 85.1 Å². The summed E-state index contributed by atoms with van der Waals surface area (Å²) in [7, 11) is -7.41. The molecule has 0 radical (unpaired) electrons. The van der Waals surface area contributed by atoms with Gasteiger partial charge in [0, 0.05) is 49.3 Å². The van der Waals surface area contributed by atoms with Crippen LogP contribution in [0.5, 0.6) is 0 Å². The highest BCUT2D eigenvalue weighted by Gasteiger charge is 2.92. The third-order valence-corrected chi connectivity index (χ3v) is 265. The molecule has 0 nitrogen and oxygen atoms in total. The summed E-state index contributed by atoms with van der Waals surface area (Å²) in [5.74, 6) is 0. The van der Waals surface area contributed by atoms with Gasteiger partial charge in [-0.05, 0) is 0 Å². The van der Waals surface area contributed by atoms with Gasteiger partial charge in [-0.15, -0.1) is 0 Å². The van der Waals surface area contributed by atoms with Crippen molar-refractivity contribution >= 4 is 61.1 Å². The maximum Gasteiger partial charge on any atom is 0.0613 e. The van der Waals surface area contributed by atoms with Gasteiger partial charge in [0.25, 0.3) is 0 Å². The molecule has 0 saturated carbocycles. The van der Waals surface area contributed by atoms with E-state index >= 15 is 0 Å². The molecule has 0 N–H and O–H groups in total. The van der Waals surface area contributed by atoms with Gasteiger partial charge in [0.15, 0.2) is 0 Å². The smallest absolute Gasteiger partial charge is 0.0613 e. The first-order chi connectivity index (χ1) is 11.9. The SMILES string of the molecule is C[Si]1(C)[Si](C)(C)[Si]2(c3ccccc3)[Si](C)(C)[Si](C)(C)[Si]1(C)[Si](C)(C)[Si]2(C)C. The number of benzene rings is 1. The molecule has 3 aliphatic rings. The van der Waals surface area contributed by atoms with E-state index in [0.29, 0.717) is 0 Å². The zero-order valence-corrected chi connectivity index (χ0v) is 28.4. The van der Waals surface area contributed by atoms with Gasteiger partial charge in [-0.25, -0.2) is 0 Å². The molecule has 3 saturated heterocycles. The van der Waals surface area contributed by atoms with Crippen molar-refractivity contribution in [2.24, 2.45) is 0 Å². The zero-order valence-electron chi connectivity index (χ0n) is 20.4. The Morgan fingerprint density at radius 1 is 0.407 bits per heavy atom. The standard InChI is InChI=1S/C19H44Si8/c1-20(2)23(7,8)27(19-17-15-14-16-18-19)24(9,10)21(3,4)26(20,13)22(5,6)25(27,11)12/h14-18H,1-13H3. The van der Waals surface area contributed by atoms with E-state index in [1.54, 1.807) is 0 Å². The lowest BCUT2D eigenvalue weighted by Crippen LogP contribution is -3.19. The van der Waals surface area contributed by atoms with Crippen molar-refractivity contribution in [1.29, 1.82) is 0 Å². The predicted molar refractivity (Wildman–Crippen MR) is 148 cm³/mol. The van der Waals surface area contributed by atoms with Crippen LogP contribution < -0.4 is 5.19 Å². The zero-order chi connectivity index (χ0) is 21.1. The highest BCUT2D eigenvalue weighted by atomic mass is 30.5. The van der Waals surface area contributed by atoms with E-state index in [4.69, 9.17) is 0 Å². The molecule has 0 spiro atoms. The van der Waals surface area contributed by atoms with Gasteiger partial charge < -0.3 is 0 Å². The largest absolute Gasteiger partial charge is 0.0752 e. The van der Waals surface area contributed by atoms with Gasteiger partial charge in [-0.3, -0.25) is 0 Å². The molecular weight excluding hydrogens is 453 g/mol. The lowest BCUT2D eigenvalue weighted by atomic mass is 10.4. The Morgan fingerprint density at radius 3 is 1.00 bits per heavy atom. The van der Waals surface area contributed by atoms with Crippen LogP contribution in [0, 0.1) is 0 Å². The maximum atomic E-state index is 3.07. The normalized spacial score (nSPS) is 39.1. The molecule has 3 heterocycles. The molecule has 0 amide bonds. The van der Waals surface area contributed by atoms with Crippen LogP contribution in [0.25, 0.3) is 0 Å². The number of fused-ring (bicyclic) bond motifs is 3. The second-order valence-electron chi connectivity index (χ2n) is 13.0. The van der Waals surface area contributed by atoms with Crippen LogP contribution in [-0.2, 0) is 0 Å². The summed E-state index contributed by atoms with van der Waals surface area (Å²) in [6, 6.07) is 12.4. The summed E-state index contributed by atoms with van der Waals surface area (Å²) >= 11 is 0. The fourth-order valence-electron chi connectivity index (χ4n) is 9.74. The third-order valence-electron chi connectivity index (χ3n) is 12.5. The molecular formula is C19H44Si8. The molecule has 1 aromatic carbocycles. The molecule has 0 aliphatic carbocycles. The minimum atomic E-state index is -1.47. The predicted octanol–water partition coefficient (Wildman–Crippen LogP) is 5.40. The summed E-state index contributed by atoms with van der Waals surface area (Å²) < 4.78 is 0. The van der Waals surface area contributed by atoms with Crippen LogP contribution in [0.1, 0.15) is 0 Å². The Hall–Kier alpha value is 0.955. The Kier molecular flexibility index (Phi) is 4.69. The van der Waals surface area contributed by atoms with Crippen molar-refractivity contribution < 1.29 is 0 Å². The van der Waals surface area contributed by atoms with E-state index < -0.39 is 55.9 Å². The number of hydrogen-bond donors (Lipinski definition) is 0. The molecule has 27 heavy (non-hydrogen) atoms. The van der Waals surface area contributed by atoms with Crippen molar-refractivity contribution in [3.8, 4) is 0 Å². The van der Waals surface area contributed by atoms with Gasteiger partial charge in [-0.2, -0.15) is 0 Å².